The molecule has 7 nitrogen and oxygen atoms in total. The molecule has 2 heterocycles. The van der Waals surface area contributed by atoms with Crippen molar-refractivity contribution < 1.29 is 45.8 Å². The van der Waals surface area contributed by atoms with Gasteiger partial charge >= 0.3 is 12.5 Å². The number of likely N-dealkylation sites (tertiary alicyclic amines) is 1. The Hall–Kier alpha value is -3.19. The summed E-state index contributed by atoms with van der Waals surface area (Å²) in [5, 5.41) is 13.6. The number of aliphatic hydroxyl groups is 1. The average molecular weight is 636 g/mol. The molecule has 2 N–H and O–H groups in total. The second kappa shape index (κ2) is 12.8. The van der Waals surface area contributed by atoms with E-state index in [2.05, 4.69) is 15.0 Å². The number of piperidine rings is 2. The number of nitrogens with one attached hydrogen (secondary N) is 1. The van der Waals surface area contributed by atoms with E-state index >= 15 is 0 Å². The quantitative estimate of drug-likeness (QED) is 0.371. The minimum absolute atomic E-state index is 0.0182. The normalized spacial score (nSPS) is 18.7. The molecule has 0 aromatic heterocycles. The Morgan fingerprint density at radius 1 is 0.953 bits per heavy atom. The van der Waals surface area contributed by atoms with E-state index in [4.69, 9.17) is 11.6 Å². The van der Waals surface area contributed by atoms with Crippen molar-refractivity contribution in [1.82, 2.24) is 10.2 Å². The molecule has 2 amide bonds. The number of rotatable bonds is 7. The Morgan fingerprint density at radius 3 is 2.09 bits per heavy atom. The first kappa shape index (κ1) is 32.7. The molecule has 2 aromatic rings. The van der Waals surface area contributed by atoms with E-state index in [0.717, 1.165) is 61.1 Å². The van der Waals surface area contributed by atoms with Crippen LogP contribution in [0.1, 0.15) is 48.0 Å². The zero-order chi connectivity index (χ0) is 31.6. The Kier molecular flexibility index (Phi) is 9.75. The number of benzene rings is 2. The van der Waals surface area contributed by atoms with Crippen LogP contribution in [-0.4, -0.2) is 67.6 Å². The highest BCUT2D eigenvalue weighted by atomic mass is 35.5. The molecule has 0 unspecified atom stereocenters. The highest BCUT2D eigenvalue weighted by Crippen LogP contribution is 2.43. The van der Waals surface area contributed by atoms with E-state index in [9.17, 15) is 41.0 Å². The van der Waals surface area contributed by atoms with Crippen molar-refractivity contribution in [3.8, 4) is 5.75 Å². The van der Waals surface area contributed by atoms with Crippen LogP contribution in [0, 0.1) is 11.8 Å². The lowest BCUT2D eigenvalue weighted by Crippen LogP contribution is -2.57. The minimum Gasteiger partial charge on any atom is -0.406 e. The van der Waals surface area contributed by atoms with Gasteiger partial charge in [0, 0.05) is 44.5 Å². The molecule has 2 fully saturated rings. The molecule has 0 bridgehead atoms. The highest BCUT2D eigenvalue weighted by Gasteiger charge is 2.62. The zero-order valence-electron chi connectivity index (χ0n) is 23.3. The maximum atomic E-state index is 14.1. The molecule has 0 spiro atoms. The molecule has 2 aliphatic rings. The fourth-order valence-corrected chi connectivity index (χ4v) is 6.11. The van der Waals surface area contributed by atoms with Gasteiger partial charge in [0.2, 0.25) is 0 Å². The fourth-order valence-electron chi connectivity index (χ4n) is 5.85. The van der Waals surface area contributed by atoms with Gasteiger partial charge in [-0.05, 0) is 74.3 Å². The number of anilines is 1. The Balaban J connectivity index is 1.33. The average Bonchev–Trinajstić information content (AvgIpc) is 2.95. The highest BCUT2D eigenvalue weighted by molar-refractivity contribution is 6.34. The smallest absolute Gasteiger partial charge is 0.406 e. The third-order valence-electron chi connectivity index (χ3n) is 8.18. The molecular formula is C29H32ClF6N3O4. The number of hydrogen-bond donors (Lipinski definition) is 2. The summed E-state index contributed by atoms with van der Waals surface area (Å²) in [7, 11) is 1.53. The molecule has 1 atom stereocenters. The van der Waals surface area contributed by atoms with Crippen LogP contribution >= 0.6 is 11.6 Å². The van der Waals surface area contributed by atoms with Crippen molar-refractivity contribution in [3.63, 3.8) is 0 Å². The summed E-state index contributed by atoms with van der Waals surface area (Å²) >= 11 is 6.29. The summed E-state index contributed by atoms with van der Waals surface area (Å²) in [6.45, 7) is 1.51. The molecule has 2 aromatic carbocycles. The molecular weight excluding hydrogens is 604 g/mol. The van der Waals surface area contributed by atoms with E-state index in [-0.39, 0.29) is 24.9 Å². The van der Waals surface area contributed by atoms with Crippen LogP contribution in [0.25, 0.3) is 0 Å². The summed E-state index contributed by atoms with van der Waals surface area (Å²) < 4.78 is 83.9. The van der Waals surface area contributed by atoms with Crippen LogP contribution in [0.3, 0.4) is 0 Å². The second-order valence-corrected chi connectivity index (χ2v) is 11.3. The van der Waals surface area contributed by atoms with Crippen LogP contribution < -0.4 is 15.0 Å². The van der Waals surface area contributed by atoms with E-state index in [1.54, 1.807) is 12.1 Å². The molecule has 2 saturated heterocycles. The largest absolute Gasteiger partial charge is 0.573 e. The third kappa shape index (κ3) is 7.49. The van der Waals surface area contributed by atoms with Gasteiger partial charge in [-0.25, -0.2) is 0 Å². The predicted molar refractivity (Wildman–Crippen MR) is 147 cm³/mol. The van der Waals surface area contributed by atoms with Crippen LogP contribution in [0.15, 0.2) is 42.5 Å². The first-order valence-corrected chi connectivity index (χ1v) is 14.2. The van der Waals surface area contributed by atoms with E-state index in [0.29, 0.717) is 35.4 Å². The number of alkyl halides is 6. The molecule has 0 radical (unpaired) electrons. The van der Waals surface area contributed by atoms with Crippen molar-refractivity contribution in [1.29, 1.82) is 0 Å². The SMILES string of the molecule is CNC(=O)c1ccc(N2CCC(CC3CCN(C(=O)[C@](O)(c4cccc(OC(F)(F)F)c4)C(F)(F)F)CC3)CC2)cc1Cl. The summed E-state index contributed by atoms with van der Waals surface area (Å²) in [5.41, 5.74) is -3.77. The number of nitrogens with zero attached hydrogens (tertiary/aromatic N) is 2. The standard InChI is InChI=1S/C29H32ClF6N3O4/c1-37-25(40)23-6-5-21(17-24(23)30)38-11-7-18(8-12-38)15-19-9-13-39(14-10-19)26(41)27(42,28(31,32)33)20-3-2-4-22(16-20)43-29(34,35)36/h2-6,16-19,42H,7-15H2,1H3,(H,37,40)/t27-/m1/s1. The number of halogens is 7. The van der Waals surface area contributed by atoms with Crippen LogP contribution in [0.5, 0.6) is 5.75 Å². The van der Waals surface area contributed by atoms with Crippen LogP contribution in [0.2, 0.25) is 5.02 Å². The molecule has 43 heavy (non-hydrogen) atoms. The Morgan fingerprint density at radius 2 is 1.56 bits per heavy atom. The number of carbonyl (C=O) groups is 2. The van der Waals surface area contributed by atoms with Gasteiger partial charge < -0.3 is 25.0 Å². The van der Waals surface area contributed by atoms with Gasteiger partial charge in [-0.15, -0.1) is 13.2 Å². The van der Waals surface area contributed by atoms with Crippen molar-refractivity contribution in [2.24, 2.45) is 11.8 Å². The van der Waals surface area contributed by atoms with Crippen molar-refractivity contribution in [2.75, 3.05) is 38.1 Å². The Labute approximate surface area is 249 Å². The molecule has 14 heteroatoms. The van der Waals surface area contributed by atoms with E-state index < -0.39 is 35.4 Å². The lowest BCUT2D eigenvalue weighted by atomic mass is 9.82. The molecule has 236 valence electrons. The van der Waals surface area contributed by atoms with Gasteiger partial charge in [0.05, 0.1) is 10.6 Å². The van der Waals surface area contributed by atoms with Crippen LogP contribution in [0.4, 0.5) is 32.0 Å². The van der Waals surface area contributed by atoms with Gasteiger partial charge in [-0.1, -0.05) is 23.7 Å². The fraction of sp³-hybridized carbons (Fsp3) is 0.517. The molecule has 0 saturated carbocycles. The zero-order valence-corrected chi connectivity index (χ0v) is 24.0. The first-order valence-electron chi connectivity index (χ1n) is 13.8. The number of amides is 2. The van der Waals surface area contributed by atoms with Crippen molar-refractivity contribution >= 4 is 29.1 Å². The lowest BCUT2D eigenvalue weighted by Gasteiger charge is -2.40. The Bertz CT molecular complexity index is 1310. The van der Waals surface area contributed by atoms with Crippen molar-refractivity contribution in [3.05, 3.63) is 58.6 Å². The monoisotopic (exact) mass is 635 g/mol. The summed E-state index contributed by atoms with van der Waals surface area (Å²) in [6.07, 6.45) is -7.16. The van der Waals surface area contributed by atoms with Gasteiger partial charge in [-0.2, -0.15) is 13.2 Å². The van der Waals surface area contributed by atoms with Crippen molar-refractivity contribution in [2.45, 2.75) is 50.2 Å². The van der Waals surface area contributed by atoms with Crippen LogP contribution in [-0.2, 0) is 10.4 Å². The third-order valence-corrected chi connectivity index (χ3v) is 8.49. The molecule has 0 aliphatic carbocycles. The van der Waals surface area contributed by atoms with Gasteiger partial charge in [-0.3, -0.25) is 9.59 Å². The summed E-state index contributed by atoms with van der Waals surface area (Å²) in [6, 6.07) is 8.07. The summed E-state index contributed by atoms with van der Waals surface area (Å²) in [5.74, 6) is -2.32. The maximum Gasteiger partial charge on any atom is 0.573 e. The van der Waals surface area contributed by atoms with Gasteiger partial charge in [0.1, 0.15) is 5.75 Å². The van der Waals surface area contributed by atoms with Gasteiger partial charge in [0.15, 0.2) is 0 Å². The van der Waals surface area contributed by atoms with E-state index in [1.807, 2.05) is 6.07 Å². The number of ether oxygens (including phenoxy) is 1. The number of carbonyl (C=O) groups excluding carboxylic acids is 2. The first-order chi connectivity index (χ1) is 20.1. The molecule has 4 rings (SSSR count). The summed E-state index contributed by atoms with van der Waals surface area (Å²) in [4.78, 5) is 28.1. The lowest BCUT2D eigenvalue weighted by molar-refractivity contribution is -0.274. The second-order valence-electron chi connectivity index (χ2n) is 10.9. The van der Waals surface area contributed by atoms with Gasteiger partial charge in [0.25, 0.3) is 17.4 Å². The topological polar surface area (TPSA) is 82.1 Å². The maximum absolute atomic E-state index is 14.1. The minimum atomic E-state index is -5.49. The molecule has 2 aliphatic heterocycles. The van der Waals surface area contributed by atoms with E-state index in [1.165, 1.54) is 7.05 Å². The number of hydrogen-bond acceptors (Lipinski definition) is 5. The predicted octanol–water partition coefficient (Wildman–Crippen LogP) is 5.89.